The van der Waals surface area contributed by atoms with E-state index in [4.69, 9.17) is 21.1 Å². The Bertz CT molecular complexity index is 1410. The molecule has 1 heterocycles. The molecule has 4 rings (SSSR count). The van der Waals surface area contributed by atoms with Gasteiger partial charge in [0.25, 0.3) is 5.91 Å². The molecule has 1 amide bonds. The summed E-state index contributed by atoms with van der Waals surface area (Å²) in [5.41, 5.74) is 7.74. The summed E-state index contributed by atoms with van der Waals surface area (Å²) in [4.78, 5) is 12.7. The van der Waals surface area contributed by atoms with Crippen LogP contribution in [0, 0.1) is 13.8 Å². The van der Waals surface area contributed by atoms with Crippen molar-refractivity contribution in [1.29, 1.82) is 0 Å². The molecule has 6 nitrogen and oxygen atoms in total. The highest BCUT2D eigenvalue weighted by molar-refractivity contribution is 9.10. The molecule has 0 aliphatic heterocycles. The third-order valence-corrected chi connectivity index (χ3v) is 6.57. The van der Waals surface area contributed by atoms with Gasteiger partial charge in [-0.2, -0.15) is 5.10 Å². The number of aryl methyl sites for hydroxylation is 2. The fraction of sp³-hybridized carbons (Fsp3) is 0.172. The maximum Gasteiger partial charge on any atom is 0.272 e. The summed E-state index contributed by atoms with van der Waals surface area (Å²) >= 11 is 10.0. The number of carbonyl (C=O) groups is 1. The Kier molecular flexibility index (Phi) is 8.69. The van der Waals surface area contributed by atoms with Gasteiger partial charge in [-0.1, -0.05) is 41.9 Å². The van der Waals surface area contributed by atoms with Crippen molar-refractivity contribution in [3.63, 3.8) is 0 Å². The second-order valence-corrected chi connectivity index (χ2v) is 9.61. The summed E-state index contributed by atoms with van der Waals surface area (Å²) in [6.45, 7) is 6.83. The number of amides is 1. The molecule has 190 valence electrons. The summed E-state index contributed by atoms with van der Waals surface area (Å²) in [6.07, 6.45) is 1.54. The van der Waals surface area contributed by atoms with Gasteiger partial charge in [0, 0.05) is 17.1 Å². The van der Waals surface area contributed by atoms with Crippen molar-refractivity contribution >= 4 is 39.7 Å². The highest BCUT2D eigenvalue weighted by Crippen LogP contribution is 2.37. The lowest BCUT2D eigenvalue weighted by Crippen LogP contribution is -2.18. The SMILES string of the molecule is CCOc1cc(/C=N\NC(=O)c2ccc(-n3c(C)ccc3C)cc2Cl)cc(Br)c1OCc1ccccc1. The molecule has 0 aliphatic carbocycles. The smallest absolute Gasteiger partial charge is 0.272 e. The molecule has 0 fully saturated rings. The molecular formula is C29H27BrClN3O3. The molecule has 0 saturated heterocycles. The van der Waals surface area contributed by atoms with E-state index in [1.165, 1.54) is 0 Å². The number of nitrogens with one attached hydrogen (secondary N) is 1. The molecule has 0 spiro atoms. The quantitative estimate of drug-likeness (QED) is 0.167. The molecule has 0 bridgehead atoms. The summed E-state index contributed by atoms with van der Waals surface area (Å²) in [5.74, 6) is 0.780. The average molecular weight is 581 g/mol. The van der Waals surface area contributed by atoms with Crippen LogP contribution >= 0.6 is 27.5 Å². The number of aromatic nitrogens is 1. The van der Waals surface area contributed by atoms with Crippen molar-refractivity contribution in [2.75, 3.05) is 6.61 Å². The Morgan fingerprint density at radius 1 is 1.03 bits per heavy atom. The van der Waals surface area contributed by atoms with Crippen LogP contribution in [0.25, 0.3) is 5.69 Å². The number of rotatable bonds is 9. The Morgan fingerprint density at radius 2 is 1.76 bits per heavy atom. The highest BCUT2D eigenvalue weighted by atomic mass is 79.9. The van der Waals surface area contributed by atoms with Gasteiger partial charge in [0.2, 0.25) is 0 Å². The molecule has 1 N–H and O–H groups in total. The van der Waals surface area contributed by atoms with E-state index in [1.807, 2.05) is 81.4 Å². The number of hydrogen-bond donors (Lipinski definition) is 1. The molecule has 0 radical (unpaired) electrons. The van der Waals surface area contributed by atoms with Gasteiger partial charge in [0.1, 0.15) is 6.61 Å². The number of benzene rings is 3. The highest BCUT2D eigenvalue weighted by Gasteiger charge is 2.14. The topological polar surface area (TPSA) is 64.8 Å². The zero-order valence-electron chi connectivity index (χ0n) is 20.8. The number of halogens is 2. The molecule has 0 atom stereocenters. The lowest BCUT2D eigenvalue weighted by molar-refractivity contribution is 0.0955. The molecule has 1 aromatic heterocycles. The fourth-order valence-electron chi connectivity index (χ4n) is 3.92. The fourth-order valence-corrected chi connectivity index (χ4v) is 4.76. The number of nitrogens with zero attached hydrogens (tertiary/aromatic N) is 2. The van der Waals surface area contributed by atoms with E-state index in [2.05, 4.69) is 31.0 Å². The summed E-state index contributed by atoms with van der Waals surface area (Å²) in [6, 6.07) is 23.0. The van der Waals surface area contributed by atoms with Crippen molar-refractivity contribution in [3.05, 3.63) is 110 Å². The number of ether oxygens (including phenoxy) is 2. The second-order valence-electron chi connectivity index (χ2n) is 8.35. The Labute approximate surface area is 230 Å². The number of carbonyl (C=O) groups excluding carboxylic acids is 1. The van der Waals surface area contributed by atoms with Crippen LogP contribution in [-0.4, -0.2) is 23.3 Å². The average Bonchev–Trinajstić information content (AvgIpc) is 3.21. The zero-order chi connectivity index (χ0) is 26.4. The molecule has 0 unspecified atom stereocenters. The van der Waals surface area contributed by atoms with Crippen molar-refractivity contribution in [3.8, 4) is 17.2 Å². The number of hydrogen-bond acceptors (Lipinski definition) is 4. The summed E-state index contributed by atoms with van der Waals surface area (Å²) in [5, 5.41) is 4.47. The van der Waals surface area contributed by atoms with E-state index >= 15 is 0 Å². The van der Waals surface area contributed by atoms with Gasteiger partial charge in [-0.25, -0.2) is 5.43 Å². The largest absolute Gasteiger partial charge is 0.490 e. The van der Waals surface area contributed by atoms with Crippen molar-refractivity contribution in [1.82, 2.24) is 9.99 Å². The second kappa shape index (κ2) is 12.1. The van der Waals surface area contributed by atoms with Gasteiger partial charge in [0.15, 0.2) is 11.5 Å². The Hall–Kier alpha value is -3.55. The minimum absolute atomic E-state index is 0.339. The van der Waals surface area contributed by atoms with E-state index < -0.39 is 5.91 Å². The first-order valence-electron chi connectivity index (χ1n) is 11.8. The van der Waals surface area contributed by atoms with Crippen LogP contribution in [0.4, 0.5) is 0 Å². The van der Waals surface area contributed by atoms with E-state index in [1.54, 1.807) is 18.3 Å². The minimum atomic E-state index is -0.402. The molecule has 0 saturated carbocycles. The van der Waals surface area contributed by atoms with E-state index in [9.17, 15) is 4.79 Å². The van der Waals surface area contributed by atoms with Gasteiger partial charge in [-0.15, -0.1) is 0 Å². The van der Waals surface area contributed by atoms with Crippen LogP contribution in [0.2, 0.25) is 5.02 Å². The first-order valence-corrected chi connectivity index (χ1v) is 13.0. The summed E-state index contributed by atoms with van der Waals surface area (Å²) < 4.78 is 14.6. The van der Waals surface area contributed by atoms with Crippen LogP contribution < -0.4 is 14.9 Å². The first-order chi connectivity index (χ1) is 17.9. The van der Waals surface area contributed by atoms with E-state index in [0.29, 0.717) is 35.3 Å². The maximum atomic E-state index is 12.7. The molecule has 8 heteroatoms. The zero-order valence-corrected chi connectivity index (χ0v) is 23.1. The molecule has 4 aromatic rings. The third kappa shape index (κ3) is 6.42. The van der Waals surface area contributed by atoms with Crippen LogP contribution in [0.5, 0.6) is 11.5 Å². The monoisotopic (exact) mass is 579 g/mol. The van der Waals surface area contributed by atoms with Gasteiger partial charge in [-0.05, 0) is 90.3 Å². The van der Waals surface area contributed by atoms with Gasteiger partial charge < -0.3 is 14.0 Å². The van der Waals surface area contributed by atoms with E-state index in [-0.39, 0.29) is 0 Å². The molecular weight excluding hydrogens is 554 g/mol. The number of hydrazone groups is 1. The van der Waals surface area contributed by atoms with Gasteiger partial charge in [0.05, 0.1) is 27.9 Å². The molecule has 0 aliphatic rings. The standard InChI is InChI=1S/C29H27BrClN3O3/c1-4-36-27-15-22(14-25(30)28(27)37-18-21-8-6-5-7-9-21)17-32-33-29(35)24-13-12-23(16-26(24)31)34-19(2)10-11-20(34)3/h5-17H,4,18H2,1-3H3,(H,33,35)/b32-17-. The predicted molar refractivity (Wildman–Crippen MR) is 151 cm³/mol. The maximum absolute atomic E-state index is 12.7. The lowest BCUT2D eigenvalue weighted by Gasteiger charge is -2.14. The van der Waals surface area contributed by atoms with Crippen LogP contribution in [0.1, 0.15) is 39.8 Å². The van der Waals surface area contributed by atoms with Crippen molar-refractivity contribution < 1.29 is 14.3 Å². The van der Waals surface area contributed by atoms with E-state index in [0.717, 1.165) is 32.7 Å². The molecule has 37 heavy (non-hydrogen) atoms. The predicted octanol–water partition coefficient (Wildman–Crippen LogP) is 7.25. The van der Waals surface area contributed by atoms with Crippen molar-refractivity contribution in [2.45, 2.75) is 27.4 Å². The first kappa shape index (κ1) is 26.5. The third-order valence-electron chi connectivity index (χ3n) is 5.66. The summed E-state index contributed by atoms with van der Waals surface area (Å²) in [7, 11) is 0. The van der Waals surface area contributed by atoms with Crippen LogP contribution in [-0.2, 0) is 6.61 Å². The minimum Gasteiger partial charge on any atom is -0.490 e. The normalized spacial score (nSPS) is 11.1. The van der Waals surface area contributed by atoms with Gasteiger partial charge in [-0.3, -0.25) is 4.79 Å². The Balaban J connectivity index is 1.46. The Morgan fingerprint density at radius 3 is 2.43 bits per heavy atom. The lowest BCUT2D eigenvalue weighted by atomic mass is 10.2. The van der Waals surface area contributed by atoms with Gasteiger partial charge >= 0.3 is 0 Å². The van der Waals surface area contributed by atoms with Crippen LogP contribution in [0.3, 0.4) is 0 Å². The molecule has 3 aromatic carbocycles. The van der Waals surface area contributed by atoms with Crippen LogP contribution in [0.15, 0.2) is 82.4 Å². The van der Waals surface area contributed by atoms with Crippen molar-refractivity contribution in [2.24, 2.45) is 5.10 Å².